The summed E-state index contributed by atoms with van der Waals surface area (Å²) in [6.07, 6.45) is 0. The molecule has 0 unspecified atom stereocenters. The van der Waals surface area contributed by atoms with Crippen molar-refractivity contribution in [3.8, 4) is 0 Å². The van der Waals surface area contributed by atoms with Crippen molar-refractivity contribution in [1.29, 1.82) is 0 Å². The number of halogens is 1. The molecule has 0 fully saturated rings. The highest BCUT2D eigenvalue weighted by molar-refractivity contribution is 9.10. The van der Waals surface area contributed by atoms with Crippen LogP contribution in [0.4, 0.5) is 5.69 Å². The van der Waals surface area contributed by atoms with Gasteiger partial charge >= 0.3 is 0 Å². The molecule has 0 aliphatic heterocycles. The second kappa shape index (κ2) is 6.29. The second-order valence-corrected chi connectivity index (χ2v) is 7.22. The molecule has 0 radical (unpaired) electrons. The molecule has 1 amide bonds. The van der Waals surface area contributed by atoms with Crippen LogP contribution in [-0.4, -0.2) is 9.86 Å². The van der Waals surface area contributed by atoms with Crippen molar-refractivity contribution in [1.82, 2.24) is 3.96 Å². The number of rotatable bonds is 3. The van der Waals surface area contributed by atoms with Crippen LogP contribution < -0.4 is 10.9 Å². The minimum absolute atomic E-state index is 0.125. The lowest BCUT2D eigenvalue weighted by Crippen LogP contribution is -2.28. The summed E-state index contributed by atoms with van der Waals surface area (Å²) >= 11 is 4.75. The molecule has 0 bridgehead atoms. The van der Waals surface area contributed by atoms with Gasteiger partial charge in [0.1, 0.15) is 6.04 Å². The van der Waals surface area contributed by atoms with Crippen LogP contribution in [0, 0.1) is 6.92 Å². The third-order valence-corrected chi connectivity index (χ3v) is 5.79. The fourth-order valence-electron chi connectivity index (χ4n) is 2.32. The van der Waals surface area contributed by atoms with Gasteiger partial charge in [-0.25, -0.2) is 0 Å². The van der Waals surface area contributed by atoms with E-state index in [0.29, 0.717) is 5.39 Å². The monoisotopic (exact) mass is 390 g/mol. The van der Waals surface area contributed by atoms with E-state index in [0.717, 1.165) is 20.4 Å². The Morgan fingerprint density at radius 3 is 2.70 bits per heavy atom. The Labute approximate surface area is 146 Å². The molecule has 1 N–H and O–H groups in total. The van der Waals surface area contributed by atoms with Gasteiger partial charge in [0.2, 0.25) is 5.91 Å². The predicted molar refractivity (Wildman–Crippen MR) is 98.3 cm³/mol. The van der Waals surface area contributed by atoms with E-state index >= 15 is 0 Å². The van der Waals surface area contributed by atoms with Gasteiger partial charge in [-0.1, -0.05) is 39.6 Å². The molecule has 1 aromatic heterocycles. The highest BCUT2D eigenvalue weighted by Gasteiger charge is 2.19. The summed E-state index contributed by atoms with van der Waals surface area (Å²) in [6, 6.07) is 12.4. The Hall–Kier alpha value is -1.92. The van der Waals surface area contributed by atoms with E-state index in [4.69, 9.17) is 0 Å². The number of benzene rings is 2. The molecule has 1 heterocycles. The molecule has 23 heavy (non-hydrogen) atoms. The summed E-state index contributed by atoms with van der Waals surface area (Å²) in [5.74, 6) is -0.208. The van der Waals surface area contributed by atoms with Gasteiger partial charge in [-0.05, 0) is 49.7 Å². The maximum Gasteiger partial charge on any atom is 0.269 e. The van der Waals surface area contributed by atoms with Gasteiger partial charge in [-0.2, -0.15) is 0 Å². The van der Waals surface area contributed by atoms with Crippen LogP contribution >= 0.6 is 27.5 Å². The van der Waals surface area contributed by atoms with Gasteiger partial charge in [0, 0.05) is 10.2 Å². The van der Waals surface area contributed by atoms with Crippen LogP contribution in [0.15, 0.2) is 51.7 Å². The average Bonchev–Trinajstić information content (AvgIpc) is 2.87. The number of hydrogen-bond donors (Lipinski definition) is 1. The van der Waals surface area contributed by atoms with Crippen molar-refractivity contribution in [2.75, 3.05) is 5.32 Å². The molecule has 1 atom stereocenters. The summed E-state index contributed by atoms with van der Waals surface area (Å²) in [5, 5.41) is 3.52. The van der Waals surface area contributed by atoms with E-state index in [1.54, 1.807) is 13.0 Å². The maximum atomic E-state index is 12.5. The van der Waals surface area contributed by atoms with Crippen molar-refractivity contribution in [2.45, 2.75) is 19.9 Å². The van der Waals surface area contributed by atoms with Gasteiger partial charge in [0.25, 0.3) is 5.56 Å². The number of fused-ring (bicyclic) bond motifs is 1. The molecule has 4 nitrogen and oxygen atoms in total. The Morgan fingerprint density at radius 1 is 1.26 bits per heavy atom. The first kappa shape index (κ1) is 16.0. The third-order valence-electron chi connectivity index (χ3n) is 3.67. The Morgan fingerprint density at radius 2 is 2.00 bits per heavy atom. The molecular weight excluding hydrogens is 376 g/mol. The Balaban J connectivity index is 1.87. The van der Waals surface area contributed by atoms with Crippen LogP contribution in [0.2, 0.25) is 0 Å². The van der Waals surface area contributed by atoms with Crippen LogP contribution in [0.3, 0.4) is 0 Å². The minimum Gasteiger partial charge on any atom is -0.324 e. The molecule has 0 saturated carbocycles. The van der Waals surface area contributed by atoms with Gasteiger partial charge in [0.15, 0.2) is 0 Å². The molecule has 6 heteroatoms. The predicted octanol–water partition coefficient (Wildman–Crippen LogP) is 4.33. The van der Waals surface area contributed by atoms with Crippen molar-refractivity contribution < 1.29 is 4.79 Å². The van der Waals surface area contributed by atoms with E-state index in [1.165, 1.54) is 15.5 Å². The lowest BCUT2D eigenvalue weighted by Gasteiger charge is -2.13. The fourth-order valence-corrected chi connectivity index (χ4v) is 3.61. The van der Waals surface area contributed by atoms with E-state index in [-0.39, 0.29) is 11.5 Å². The third kappa shape index (κ3) is 3.09. The number of carbonyl (C=O) groups is 1. The van der Waals surface area contributed by atoms with Gasteiger partial charge in [-0.15, -0.1) is 0 Å². The van der Waals surface area contributed by atoms with Gasteiger partial charge in [0.05, 0.1) is 10.1 Å². The zero-order valence-electron chi connectivity index (χ0n) is 12.7. The highest BCUT2D eigenvalue weighted by atomic mass is 79.9. The molecule has 2 aromatic carbocycles. The summed E-state index contributed by atoms with van der Waals surface area (Å²) in [6.45, 7) is 3.69. The summed E-state index contributed by atoms with van der Waals surface area (Å²) in [4.78, 5) is 24.9. The number of nitrogens with zero attached hydrogens (tertiary/aromatic N) is 1. The minimum atomic E-state index is -0.566. The SMILES string of the molecule is Cc1cc(NC(=O)[C@H](C)n2sc3ccccc3c2=O)ccc1Br. The number of hydrogen-bond acceptors (Lipinski definition) is 3. The standard InChI is InChI=1S/C17H15BrN2O2S/c1-10-9-12(7-8-14(10)18)19-16(21)11(2)20-17(22)13-5-3-4-6-15(13)23-20/h3-9,11H,1-2H3,(H,19,21)/t11-/m0/s1. The highest BCUT2D eigenvalue weighted by Crippen LogP contribution is 2.23. The molecule has 3 aromatic rings. The first-order valence-electron chi connectivity index (χ1n) is 7.15. The smallest absolute Gasteiger partial charge is 0.269 e. The molecule has 0 aliphatic rings. The lowest BCUT2D eigenvalue weighted by atomic mass is 10.2. The van der Waals surface area contributed by atoms with E-state index in [9.17, 15) is 9.59 Å². The second-order valence-electron chi connectivity index (χ2n) is 5.35. The molecule has 0 saturated heterocycles. The quantitative estimate of drug-likeness (QED) is 0.723. The molecule has 0 aliphatic carbocycles. The molecular formula is C17H15BrN2O2S. The van der Waals surface area contributed by atoms with Crippen LogP contribution in [0.5, 0.6) is 0 Å². The van der Waals surface area contributed by atoms with Crippen LogP contribution in [0.25, 0.3) is 10.1 Å². The van der Waals surface area contributed by atoms with Crippen molar-refractivity contribution in [2.24, 2.45) is 0 Å². The van der Waals surface area contributed by atoms with Crippen LogP contribution in [-0.2, 0) is 4.79 Å². The Bertz CT molecular complexity index is 945. The zero-order chi connectivity index (χ0) is 16.6. The van der Waals surface area contributed by atoms with Crippen molar-refractivity contribution in [3.05, 3.63) is 62.9 Å². The van der Waals surface area contributed by atoms with Gasteiger partial charge in [-0.3, -0.25) is 13.5 Å². The number of carbonyl (C=O) groups excluding carboxylic acids is 1. The average molecular weight is 391 g/mol. The molecule has 3 rings (SSSR count). The first-order chi connectivity index (χ1) is 11.0. The first-order valence-corrected chi connectivity index (χ1v) is 8.71. The maximum absolute atomic E-state index is 12.5. The van der Waals surface area contributed by atoms with E-state index in [1.807, 2.05) is 43.3 Å². The summed E-state index contributed by atoms with van der Waals surface area (Å²) in [5.41, 5.74) is 1.63. The van der Waals surface area contributed by atoms with E-state index < -0.39 is 6.04 Å². The normalized spacial score (nSPS) is 12.3. The number of aromatic nitrogens is 1. The van der Waals surface area contributed by atoms with E-state index in [2.05, 4.69) is 21.2 Å². The molecule has 0 spiro atoms. The number of anilines is 1. The fraction of sp³-hybridized carbons (Fsp3) is 0.176. The number of nitrogens with one attached hydrogen (secondary N) is 1. The molecule has 118 valence electrons. The summed E-state index contributed by atoms with van der Waals surface area (Å²) in [7, 11) is 0. The Kier molecular flexibility index (Phi) is 4.37. The number of amides is 1. The zero-order valence-corrected chi connectivity index (χ0v) is 15.1. The topological polar surface area (TPSA) is 51.1 Å². The summed E-state index contributed by atoms with van der Waals surface area (Å²) < 4.78 is 3.40. The van der Waals surface area contributed by atoms with Crippen LogP contribution in [0.1, 0.15) is 18.5 Å². The number of aryl methyl sites for hydroxylation is 1. The van der Waals surface area contributed by atoms with Crippen molar-refractivity contribution in [3.63, 3.8) is 0 Å². The van der Waals surface area contributed by atoms with Gasteiger partial charge < -0.3 is 5.32 Å². The lowest BCUT2D eigenvalue weighted by molar-refractivity contribution is -0.118. The van der Waals surface area contributed by atoms with Crippen molar-refractivity contribution >= 4 is 49.1 Å². The largest absolute Gasteiger partial charge is 0.324 e.